The zero-order valence-electron chi connectivity index (χ0n) is 10.8. The van der Waals surface area contributed by atoms with Crippen molar-refractivity contribution in [3.63, 3.8) is 0 Å². The van der Waals surface area contributed by atoms with Crippen LogP contribution in [0.25, 0.3) is 11.1 Å². The Morgan fingerprint density at radius 2 is 1.91 bits per heavy atom. The lowest BCUT2D eigenvalue weighted by atomic mass is 9.96. The van der Waals surface area contributed by atoms with Crippen LogP contribution in [0.5, 0.6) is 0 Å². The van der Waals surface area contributed by atoms with Crippen LogP contribution in [0.4, 0.5) is 11.5 Å². The number of nitrogens with two attached hydrogens (primary N) is 1. The fourth-order valence-electron chi connectivity index (χ4n) is 1.93. The van der Waals surface area contributed by atoms with Crippen LogP contribution in [0.3, 0.4) is 0 Å². The molecule has 9 heteroatoms. The summed E-state index contributed by atoms with van der Waals surface area (Å²) in [6.07, 6.45) is 0. The zero-order valence-corrected chi connectivity index (χ0v) is 12.9. The van der Waals surface area contributed by atoms with E-state index in [-0.39, 0.29) is 28.2 Å². The van der Waals surface area contributed by atoms with E-state index in [1.165, 1.54) is 18.2 Å². The molecule has 0 amide bonds. The van der Waals surface area contributed by atoms with Gasteiger partial charge in [0.25, 0.3) is 11.2 Å². The molecule has 2 aromatic rings. The average Bonchev–Trinajstić information content (AvgIpc) is 2.46. The number of nitro benzene ring substituents is 1. The number of nitro groups is 1. The number of anilines is 1. The number of nitrogen functional groups attached to an aromatic ring is 1. The molecule has 2 rings (SSSR count). The smallest absolute Gasteiger partial charge is 0.270 e. The Kier molecular flexibility index (Phi) is 4.10. The number of pyridine rings is 1. The van der Waals surface area contributed by atoms with E-state index >= 15 is 0 Å². The molecule has 8 nitrogen and oxygen atoms in total. The Hall–Kier alpha value is -2.92. The van der Waals surface area contributed by atoms with Crippen molar-refractivity contribution >= 4 is 34.1 Å². The Labute approximate surface area is 137 Å². The topological polar surface area (TPSA) is 150 Å². The van der Waals surface area contributed by atoms with Gasteiger partial charge in [0.15, 0.2) is 0 Å². The number of nitriles is 2. The summed E-state index contributed by atoms with van der Waals surface area (Å²) in [5.74, 6) is -0.157. The van der Waals surface area contributed by atoms with Gasteiger partial charge < -0.3 is 10.7 Å². The molecule has 1 heterocycles. The minimum Gasteiger partial charge on any atom is -0.384 e. The molecule has 1 aromatic heterocycles. The minimum absolute atomic E-state index is 0.0529. The molecule has 0 saturated heterocycles. The van der Waals surface area contributed by atoms with Gasteiger partial charge in [-0.3, -0.25) is 14.9 Å². The number of non-ortho nitro benzene ring substituents is 1. The molecular formula is C13H6IN5O3. The summed E-state index contributed by atoms with van der Waals surface area (Å²) >= 11 is 1.84. The molecule has 0 aliphatic heterocycles. The van der Waals surface area contributed by atoms with Crippen molar-refractivity contribution in [1.82, 2.24) is 4.98 Å². The number of nitrogens with one attached hydrogen (secondary N) is 1. The van der Waals surface area contributed by atoms with E-state index in [1.807, 2.05) is 28.7 Å². The highest BCUT2D eigenvalue weighted by Crippen LogP contribution is 2.33. The molecule has 0 unspecified atom stereocenters. The second-order valence-corrected chi connectivity index (χ2v) is 5.30. The third kappa shape index (κ3) is 2.49. The third-order valence-electron chi connectivity index (χ3n) is 2.90. The van der Waals surface area contributed by atoms with Gasteiger partial charge >= 0.3 is 0 Å². The molecule has 0 fully saturated rings. The summed E-state index contributed by atoms with van der Waals surface area (Å²) in [7, 11) is 0. The van der Waals surface area contributed by atoms with E-state index in [4.69, 9.17) is 5.73 Å². The Balaban J connectivity index is 2.89. The first-order chi connectivity index (χ1) is 10.4. The van der Waals surface area contributed by atoms with Gasteiger partial charge in [0, 0.05) is 21.3 Å². The number of hydrogen-bond acceptors (Lipinski definition) is 6. The van der Waals surface area contributed by atoms with Crippen molar-refractivity contribution in [3.05, 3.63) is 53.4 Å². The summed E-state index contributed by atoms with van der Waals surface area (Å²) in [5, 5.41) is 29.2. The number of aromatic nitrogens is 1. The first-order valence-corrected chi connectivity index (χ1v) is 6.78. The highest BCUT2D eigenvalue weighted by Gasteiger charge is 2.21. The second-order valence-electron chi connectivity index (χ2n) is 4.14. The highest BCUT2D eigenvalue weighted by atomic mass is 127. The number of nitrogens with zero attached hydrogens (tertiary/aromatic N) is 3. The van der Waals surface area contributed by atoms with E-state index in [0.717, 1.165) is 0 Å². The van der Waals surface area contributed by atoms with Crippen LogP contribution >= 0.6 is 22.6 Å². The van der Waals surface area contributed by atoms with Crippen molar-refractivity contribution in [1.29, 1.82) is 10.5 Å². The van der Waals surface area contributed by atoms with Crippen LogP contribution < -0.4 is 11.3 Å². The summed E-state index contributed by atoms with van der Waals surface area (Å²) < 4.78 is 0.421. The van der Waals surface area contributed by atoms with Gasteiger partial charge in [0.05, 0.1) is 4.92 Å². The zero-order chi connectivity index (χ0) is 16.4. The fourth-order valence-corrected chi connectivity index (χ4v) is 2.70. The van der Waals surface area contributed by atoms with Crippen LogP contribution in [-0.4, -0.2) is 9.91 Å². The number of rotatable bonds is 2. The standard InChI is InChI=1S/C13H6IN5O3/c14-10-3-6(19(21)22)1-2-7(10)11-8(4-15)12(17)18-13(20)9(11)5-16/h1-3H,(H3,17,18,20). The van der Waals surface area contributed by atoms with Crippen LogP contribution in [0.15, 0.2) is 23.0 Å². The first kappa shape index (κ1) is 15.5. The van der Waals surface area contributed by atoms with Gasteiger partial charge in [0.2, 0.25) is 0 Å². The number of benzene rings is 1. The molecule has 0 atom stereocenters. The van der Waals surface area contributed by atoms with Crippen molar-refractivity contribution in [2.24, 2.45) is 0 Å². The molecular weight excluding hydrogens is 401 g/mol. The van der Waals surface area contributed by atoms with Gasteiger partial charge in [-0.25, -0.2) is 0 Å². The molecule has 0 aliphatic rings. The molecule has 0 saturated carbocycles. The Bertz CT molecular complexity index is 936. The van der Waals surface area contributed by atoms with E-state index in [0.29, 0.717) is 9.13 Å². The quantitative estimate of drug-likeness (QED) is 0.441. The van der Waals surface area contributed by atoms with Crippen LogP contribution in [0, 0.1) is 36.3 Å². The molecule has 3 N–H and O–H groups in total. The Morgan fingerprint density at radius 1 is 1.27 bits per heavy atom. The van der Waals surface area contributed by atoms with Crippen LogP contribution in [0.2, 0.25) is 0 Å². The van der Waals surface area contributed by atoms with E-state index in [1.54, 1.807) is 6.07 Å². The maximum absolute atomic E-state index is 11.8. The molecule has 0 aliphatic carbocycles. The monoisotopic (exact) mass is 407 g/mol. The second kappa shape index (κ2) is 5.83. The largest absolute Gasteiger partial charge is 0.384 e. The van der Waals surface area contributed by atoms with Gasteiger partial charge in [-0.1, -0.05) is 0 Å². The summed E-state index contributed by atoms with van der Waals surface area (Å²) in [6.45, 7) is 0. The van der Waals surface area contributed by atoms with E-state index in [9.17, 15) is 25.4 Å². The molecule has 0 bridgehead atoms. The van der Waals surface area contributed by atoms with Gasteiger partial charge in [-0.15, -0.1) is 0 Å². The summed E-state index contributed by atoms with van der Waals surface area (Å²) in [4.78, 5) is 24.3. The molecule has 22 heavy (non-hydrogen) atoms. The minimum atomic E-state index is -0.719. The van der Waals surface area contributed by atoms with Crippen LogP contribution in [0.1, 0.15) is 11.1 Å². The average molecular weight is 407 g/mol. The number of aromatic amines is 1. The molecule has 0 spiro atoms. The van der Waals surface area contributed by atoms with Crippen molar-refractivity contribution in [3.8, 4) is 23.3 Å². The summed E-state index contributed by atoms with van der Waals surface area (Å²) in [5.41, 5.74) is 4.88. The van der Waals surface area contributed by atoms with E-state index < -0.39 is 10.5 Å². The third-order valence-corrected chi connectivity index (χ3v) is 3.79. The number of halogens is 1. The lowest BCUT2D eigenvalue weighted by Crippen LogP contribution is -2.16. The fraction of sp³-hybridized carbons (Fsp3) is 0. The first-order valence-electron chi connectivity index (χ1n) is 5.71. The highest BCUT2D eigenvalue weighted by molar-refractivity contribution is 14.1. The van der Waals surface area contributed by atoms with Gasteiger partial charge in [0.1, 0.15) is 29.1 Å². The number of hydrogen-bond donors (Lipinski definition) is 2. The normalized spacial score (nSPS) is 9.77. The SMILES string of the molecule is N#Cc1c(N)[nH]c(=O)c(C#N)c1-c1ccc([N+](=O)[O-])cc1I. The van der Waals surface area contributed by atoms with Crippen LogP contribution in [-0.2, 0) is 0 Å². The van der Waals surface area contributed by atoms with Crippen molar-refractivity contribution in [2.75, 3.05) is 5.73 Å². The summed E-state index contributed by atoms with van der Waals surface area (Å²) in [6, 6.07) is 7.49. The van der Waals surface area contributed by atoms with Gasteiger partial charge in [-0.2, -0.15) is 10.5 Å². The molecule has 0 radical (unpaired) electrons. The van der Waals surface area contributed by atoms with E-state index in [2.05, 4.69) is 4.98 Å². The van der Waals surface area contributed by atoms with Crippen molar-refractivity contribution in [2.45, 2.75) is 0 Å². The molecule has 1 aromatic carbocycles. The van der Waals surface area contributed by atoms with Crippen molar-refractivity contribution < 1.29 is 4.92 Å². The predicted octanol–water partition coefficient (Wildman–Crippen LogP) is 1.88. The lowest BCUT2D eigenvalue weighted by Gasteiger charge is -2.10. The van der Waals surface area contributed by atoms with Gasteiger partial charge in [-0.05, 0) is 34.2 Å². The lowest BCUT2D eigenvalue weighted by molar-refractivity contribution is -0.384. The maximum atomic E-state index is 11.8. The maximum Gasteiger partial charge on any atom is 0.270 e. The molecule has 108 valence electrons. The Morgan fingerprint density at radius 3 is 2.41 bits per heavy atom. The predicted molar refractivity (Wildman–Crippen MR) is 85.7 cm³/mol. The number of H-pyrrole nitrogens is 1.